The Morgan fingerprint density at radius 2 is 2.13 bits per heavy atom. The zero-order valence-corrected chi connectivity index (χ0v) is 10.9. The van der Waals surface area contributed by atoms with E-state index in [0.29, 0.717) is 0 Å². The average molecular weight is 241 g/mol. The molecule has 1 nitrogen and oxygen atoms in total. The normalized spacial score (nSPS) is 20.4. The van der Waals surface area contributed by atoms with Crippen molar-refractivity contribution in [3.63, 3.8) is 0 Å². The van der Waals surface area contributed by atoms with Crippen molar-refractivity contribution in [2.45, 2.75) is 32.2 Å². The maximum atomic E-state index is 6.24. The lowest BCUT2D eigenvalue weighted by Gasteiger charge is -2.23. The molecular weight excluding hydrogens is 222 g/mol. The molecule has 1 aliphatic heterocycles. The van der Waals surface area contributed by atoms with E-state index in [0.717, 1.165) is 5.92 Å². The van der Waals surface area contributed by atoms with Gasteiger partial charge in [0.1, 0.15) is 0 Å². The molecule has 1 atom stereocenters. The maximum absolute atomic E-state index is 6.24. The predicted molar refractivity (Wildman–Crippen MR) is 70.7 cm³/mol. The van der Waals surface area contributed by atoms with Crippen LogP contribution in [0.5, 0.6) is 0 Å². The van der Waals surface area contributed by atoms with Crippen molar-refractivity contribution in [3.05, 3.63) is 21.9 Å². The number of thioether (sulfide) groups is 1. The lowest BCUT2D eigenvalue weighted by atomic mass is 9.94. The summed E-state index contributed by atoms with van der Waals surface area (Å²) in [6.45, 7) is 2.15. The molecule has 0 amide bonds. The van der Waals surface area contributed by atoms with Gasteiger partial charge in [-0.25, -0.2) is 0 Å². The van der Waals surface area contributed by atoms with E-state index in [1.807, 2.05) is 11.3 Å². The van der Waals surface area contributed by atoms with Gasteiger partial charge in [0.2, 0.25) is 0 Å². The minimum absolute atomic E-state index is 0.275. The number of rotatable bonds is 3. The summed E-state index contributed by atoms with van der Waals surface area (Å²) in [4.78, 5) is 2.74. The molecule has 2 rings (SSSR count). The van der Waals surface area contributed by atoms with Crippen LogP contribution >= 0.6 is 23.1 Å². The molecule has 1 aromatic rings. The van der Waals surface area contributed by atoms with Crippen LogP contribution in [-0.2, 0) is 0 Å². The van der Waals surface area contributed by atoms with Gasteiger partial charge in [-0.15, -0.1) is 11.3 Å². The van der Waals surface area contributed by atoms with Crippen LogP contribution in [-0.4, -0.2) is 11.5 Å². The number of hydrogen-bond donors (Lipinski definition) is 1. The van der Waals surface area contributed by atoms with Gasteiger partial charge in [0.25, 0.3) is 0 Å². The van der Waals surface area contributed by atoms with E-state index in [2.05, 4.69) is 30.8 Å². The Morgan fingerprint density at radius 1 is 1.40 bits per heavy atom. The minimum Gasteiger partial charge on any atom is -0.323 e. The van der Waals surface area contributed by atoms with Crippen LogP contribution in [0.3, 0.4) is 0 Å². The fourth-order valence-electron chi connectivity index (χ4n) is 2.11. The second-order valence-electron chi connectivity index (χ2n) is 4.35. The second-order valence-corrected chi connectivity index (χ2v) is 6.89. The lowest BCUT2D eigenvalue weighted by molar-refractivity contribution is 0.415. The van der Waals surface area contributed by atoms with Crippen molar-refractivity contribution in [2.75, 3.05) is 11.5 Å². The first-order valence-electron chi connectivity index (χ1n) is 5.65. The number of thiophene rings is 1. The van der Waals surface area contributed by atoms with Gasteiger partial charge in [0, 0.05) is 15.8 Å². The highest BCUT2D eigenvalue weighted by Gasteiger charge is 2.18. The van der Waals surface area contributed by atoms with E-state index in [1.165, 1.54) is 40.5 Å². The van der Waals surface area contributed by atoms with Gasteiger partial charge in [-0.2, -0.15) is 11.8 Å². The standard InChI is InChI=1S/C12H19NS2/c1-9-2-3-12(15-9)11(13)8-10-4-6-14-7-5-10/h2-3,10-11H,4-8,13H2,1H3. The van der Waals surface area contributed by atoms with Crippen LogP contribution in [0.15, 0.2) is 12.1 Å². The van der Waals surface area contributed by atoms with Crippen LogP contribution in [0.1, 0.15) is 35.1 Å². The van der Waals surface area contributed by atoms with Crippen LogP contribution in [0.25, 0.3) is 0 Å². The molecule has 1 fully saturated rings. The number of aryl methyl sites for hydroxylation is 1. The Bertz CT molecular complexity index is 302. The van der Waals surface area contributed by atoms with E-state index in [4.69, 9.17) is 5.73 Å². The molecule has 84 valence electrons. The fourth-order valence-corrected chi connectivity index (χ4v) is 4.21. The first-order valence-corrected chi connectivity index (χ1v) is 7.62. The minimum atomic E-state index is 0.275. The summed E-state index contributed by atoms with van der Waals surface area (Å²) in [5, 5.41) is 0. The predicted octanol–water partition coefficient (Wildman–Crippen LogP) is 3.59. The van der Waals surface area contributed by atoms with Gasteiger partial charge in [-0.05, 0) is 55.7 Å². The van der Waals surface area contributed by atoms with Crippen molar-refractivity contribution in [2.24, 2.45) is 11.7 Å². The molecule has 1 unspecified atom stereocenters. The third-order valence-corrected chi connectivity index (χ3v) is 5.24. The molecule has 0 radical (unpaired) electrons. The van der Waals surface area contributed by atoms with Gasteiger partial charge in [0.05, 0.1) is 0 Å². The first-order chi connectivity index (χ1) is 7.25. The molecule has 1 aliphatic rings. The zero-order valence-electron chi connectivity index (χ0n) is 9.24. The Labute approximate surface area is 100 Å². The summed E-state index contributed by atoms with van der Waals surface area (Å²) in [7, 11) is 0. The molecule has 3 heteroatoms. The molecule has 0 aromatic carbocycles. The Balaban J connectivity index is 1.88. The molecule has 2 heterocycles. The quantitative estimate of drug-likeness (QED) is 0.875. The van der Waals surface area contributed by atoms with Gasteiger partial charge in [0.15, 0.2) is 0 Å². The van der Waals surface area contributed by atoms with Crippen molar-refractivity contribution < 1.29 is 0 Å². The highest BCUT2D eigenvalue weighted by molar-refractivity contribution is 7.99. The summed E-state index contributed by atoms with van der Waals surface area (Å²) >= 11 is 3.94. The van der Waals surface area contributed by atoms with Gasteiger partial charge < -0.3 is 5.73 Å². The van der Waals surface area contributed by atoms with Crippen LogP contribution in [0.2, 0.25) is 0 Å². The summed E-state index contributed by atoms with van der Waals surface area (Å²) < 4.78 is 0. The van der Waals surface area contributed by atoms with Gasteiger partial charge >= 0.3 is 0 Å². The number of hydrogen-bond acceptors (Lipinski definition) is 3. The first kappa shape index (κ1) is 11.5. The molecular formula is C12H19NS2. The fraction of sp³-hybridized carbons (Fsp3) is 0.667. The molecule has 0 saturated carbocycles. The van der Waals surface area contributed by atoms with Crippen LogP contribution < -0.4 is 5.73 Å². The summed E-state index contributed by atoms with van der Waals surface area (Å²) in [5.41, 5.74) is 6.24. The third-order valence-electron chi connectivity index (χ3n) is 3.05. The van der Waals surface area contributed by atoms with Crippen molar-refractivity contribution in [3.8, 4) is 0 Å². The molecule has 1 aromatic heterocycles. The molecule has 1 saturated heterocycles. The molecule has 0 bridgehead atoms. The third kappa shape index (κ3) is 3.23. The summed E-state index contributed by atoms with van der Waals surface area (Å²) in [5.74, 6) is 3.53. The molecule has 0 aliphatic carbocycles. The number of nitrogens with two attached hydrogens (primary N) is 1. The van der Waals surface area contributed by atoms with Crippen molar-refractivity contribution in [1.82, 2.24) is 0 Å². The Hall–Kier alpha value is 0.01000. The Morgan fingerprint density at radius 3 is 2.73 bits per heavy atom. The summed E-state index contributed by atoms with van der Waals surface area (Å²) in [6, 6.07) is 4.65. The smallest absolute Gasteiger partial charge is 0.0392 e. The molecule has 2 N–H and O–H groups in total. The summed E-state index contributed by atoms with van der Waals surface area (Å²) in [6.07, 6.45) is 3.91. The van der Waals surface area contributed by atoms with E-state index in [1.54, 1.807) is 0 Å². The highest BCUT2D eigenvalue weighted by Crippen LogP contribution is 2.32. The van der Waals surface area contributed by atoms with Crippen molar-refractivity contribution in [1.29, 1.82) is 0 Å². The zero-order chi connectivity index (χ0) is 10.7. The lowest BCUT2D eigenvalue weighted by Crippen LogP contribution is -2.17. The van der Waals surface area contributed by atoms with Crippen LogP contribution in [0, 0.1) is 12.8 Å². The average Bonchev–Trinajstić information content (AvgIpc) is 2.66. The van der Waals surface area contributed by atoms with E-state index in [9.17, 15) is 0 Å². The van der Waals surface area contributed by atoms with E-state index >= 15 is 0 Å². The van der Waals surface area contributed by atoms with Gasteiger partial charge in [-0.1, -0.05) is 0 Å². The molecule has 0 spiro atoms. The monoisotopic (exact) mass is 241 g/mol. The Kier molecular flexibility index (Phi) is 4.12. The highest BCUT2D eigenvalue weighted by atomic mass is 32.2. The van der Waals surface area contributed by atoms with E-state index < -0.39 is 0 Å². The van der Waals surface area contributed by atoms with Crippen LogP contribution in [0.4, 0.5) is 0 Å². The molecule has 15 heavy (non-hydrogen) atoms. The second kappa shape index (κ2) is 5.37. The topological polar surface area (TPSA) is 26.0 Å². The van der Waals surface area contributed by atoms with Crippen molar-refractivity contribution >= 4 is 23.1 Å². The van der Waals surface area contributed by atoms with E-state index in [-0.39, 0.29) is 6.04 Å². The largest absolute Gasteiger partial charge is 0.323 e. The maximum Gasteiger partial charge on any atom is 0.0392 e. The van der Waals surface area contributed by atoms with Gasteiger partial charge in [-0.3, -0.25) is 0 Å². The SMILES string of the molecule is Cc1ccc(C(N)CC2CCSCC2)s1.